The predicted octanol–water partition coefficient (Wildman–Crippen LogP) is 1.92. The molecule has 0 aliphatic rings. The Labute approximate surface area is 128 Å². The maximum absolute atomic E-state index is 12.4. The van der Waals surface area contributed by atoms with Gasteiger partial charge in [0.2, 0.25) is 0 Å². The highest BCUT2D eigenvalue weighted by atomic mass is 32.2. The van der Waals surface area contributed by atoms with Gasteiger partial charge in [-0.25, -0.2) is 13.2 Å². The molecule has 118 valence electrons. The highest BCUT2D eigenvalue weighted by Gasteiger charge is 2.20. The number of anilines is 1. The van der Waals surface area contributed by atoms with E-state index in [2.05, 4.69) is 14.4 Å². The number of aromatic amines is 1. The van der Waals surface area contributed by atoms with Gasteiger partial charge in [0.25, 0.3) is 10.0 Å². The zero-order valence-corrected chi connectivity index (χ0v) is 13.2. The van der Waals surface area contributed by atoms with Crippen LogP contribution in [0.1, 0.15) is 16.1 Å². The second-order valence-electron chi connectivity index (χ2n) is 4.55. The Bertz CT molecular complexity index is 795. The number of sulfonamides is 1. The summed E-state index contributed by atoms with van der Waals surface area (Å²) in [7, 11) is -1.18. The molecule has 2 rings (SSSR count). The Hall–Kier alpha value is -2.48. The summed E-state index contributed by atoms with van der Waals surface area (Å²) in [6, 6.07) is 6.34. The normalized spacial score (nSPS) is 11.0. The average Bonchev–Trinajstić information content (AvgIpc) is 2.97. The van der Waals surface area contributed by atoms with E-state index >= 15 is 0 Å². The smallest absolute Gasteiger partial charge is 0.354 e. The first-order chi connectivity index (χ1) is 10.4. The number of aryl methyl sites for hydroxylation is 1. The number of hydrogen-bond acceptors (Lipinski definition) is 5. The first-order valence-corrected chi connectivity index (χ1v) is 7.80. The third kappa shape index (κ3) is 3.22. The van der Waals surface area contributed by atoms with E-state index in [1.54, 1.807) is 12.1 Å². The maximum atomic E-state index is 12.4. The predicted molar refractivity (Wildman–Crippen MR) is 80.7 cm³/mol. The van der Waals surface area contributed by atoms with Gasteiger partial charge < -0.3 is 14.5 Å². The number of ether oxygens (including phenoxy) is 2. The highest BCUT2D eigenvalue weighted by molar-refractivity contribution is 7.92. The summed E-state index contributed by atoms with van der Waals surface area (Å²) < 4.78 is 36.8. The van der Waals surface area contributed by atoms with Gasteiger partial charge in [-0.15, -0.1) is 0 Å². The van der Waals surface area contributed by atoms with Crippen LogP contribution in [0.25, 0.3) is 0 Å². The largest absolute Gasteiger partial charge is 0.495 e. The molecular formula is C14H16N2O5S. The molecule has 0 radical (unpaired) electrons. The lowest BCUT2D eigenvalue weighted by molar-refractivity contribution is 0.0595. The number of methoxy groups -OCH3 is 2. The molecule has 2 N–H and O–H groups in total. The van der Waals surface area contributed by atoms with Gasteiger partial charge in [-0.1, -0.05) is 6.07 Å². The Kier molecular flexibility index (Phi) is 4.41. The summed E-state index contributed by atoms with van der Waals surface area (Å²) in [5.74, 6) is -0.243. The molecule has 8 heteroatoms. The lowest BCUT2D eigenvalue weighted by Gasteiger charge is -2.11. The molecule has 0 atom stereocenters. The molecule has 0 fully saturated rings. The maximum Gasteiger partial charge on any atom is 0.354 e. The van der Waals surface area contributed by atoms with E-state index in [-0.39, 0.29) is 10.6 Å². The van der Waals surface area contributed by atoms with Crippen LogP contribution in [-0.4, -0.2) is 33.6 Å². The topological polar surface area (TPSA) is 97.5 Å². The van der Waals surface area contributed by atoms with Crippen molar-refractivity contribution >= 4 is 21.7 Å². The molecule has 22 heavy (non-hydrogen) atoms. The summed E-state index contributed by atoms with van der Waals surface area (Å²) in [6.07, 6.45) is 1.22. The second kappa shape index (κ2) is 6.10. The van der Waals surface area contributed by atoms with E-state index in [4.69, 9.17) is 4.74 Å². The van der Waals surface area contributed by atoms with Crippen LogP contribution in [-0.2, 0) is 14.8 Å². The number of hydrogen-bond donors (Lipinski definition) is 2. The van der Waals surface area contributed by atoms with Gasteiger partial charge in [-0.3, -0.25) is 4.72 Å². The van der Waals surface area contributed by atoms with Crippen molar-refractivity contribution in [2.75, 3.05) is 18.9 Å². The molecule has 0 aliphatic carbocycles. The van der Waals surface area contributed by atoms with Crippen molar-refractivity contribution in [2.24, 2.45) is 0 Å². The molecule has 0 spiro atoms. The number of esters is 1. The van der Waals surface area contributed by atoms with Crippen LogP contribution in [0.3, 0.4) is 0 Å². The van der Waals surface area contributed by atoms with Gasteiger partial charge in [0.15, 0.2) is 0 Å². The van der Waals surface area contributed by atoms with Crippen molar-refractivity contribution in [1.29, 1.82) is 0 Å². The first-order valence-electron chi connectivity index (χ1n) is 6.31. The van der Waals surface area contributed by atoms with E-state index in [1.807, 2.05) is 13.0 Å². The minimum atomic E-state index is -3.85. The van der Waals surface area contributed by atoms with E-state index in [9.17, 15) is 13.2 Å². The lowest BCUT2D eigenvalue weighted by atomic mass is 10.2. The van der Waals surface area contributed by atoms with Gasteiger partial charge in [0, 0.05) is 6.20 Å². The highest BCUT2D eigenvalue weighted by Crippen LogP contribution is 2.28. The van der Waals surface area contributed by atoms with Gasteiger partial charge in [0.1, 0.15) is 16.3 Å². The van der Waals surface area contributed by atoms with Crippen LogP contribution < -0.4 is 9.46 Å². The monoisotopic (exact) mass is 324 g/mol. The van der Waals surface area contributed by atoms with Crippen LogP contribution in [0.5, 0.6) is 5.75 Å². The molecule has 0 saturated carbocycles. The van der Waals surface area contributed by atoms with Crippen molar-refractivity contribution < 1.29 is 22.7 Å². The zero-order valence-electron chi connectivity index (χ0n) is 12.3. The SMILES string of the molecule is COC(=O)c1cc(S(=O)(=O)Nc2cc(C)ccc2OC)c[nH]1. The summed E-state index contributed by atoms with van der Waals surface area (Å²) >= 11 is 0. The minimum Gasteiger partial charge on any atom is -0.495 e. The van der Waals surface area contributed by atoms with Crippen molar-refractivity contribution in [3.8, 4) is 5.75 Å². The Balaban J connectivity index is 2.34. The van der Waals surface area contributed by atoms with Crippen molar-refractivity contribution in [2.45, 2.75) is 11.8 Å². The molecule has 0 bridgehead atoms. The fraction of sp³-hybridized carbons (Fsp3) is 0.214. The molecular weight excluding hydrogens is 308 g/mol. The van der Waals surface area contributed by atoms with Crippen molar-refractivity contribution in [1.82, 2.24) is 4.98 Å². The Morgan fingerprint density at radius 2 is 1.95 bits per heavy atom. The van der Waals surface area contributed by atoms with Crippen molar-refractivity contribution in [3.63, 3.8) is 0 Å². The van der Waals surface area contributed by atoms with E-state index in [0.717, 1.165) is 5.56 Å². The van der Waals surface area contributed by atoms with Gasteiger partial charge in [-0.05, 0) is 30.7 Å². The molecule has 0 saturated heterocycles. The Morgan fingerprint density at radius 3 is 2.59 bits per heavy atom. The van der Waals surface area contributed by atoms with Crippen LogP contribution in [0.4, 0.5) is 5.69 Å². The summed E-state index contributed by atoms with van der Waals surface area (Å²) in [5, 5.41) is 0. The van der Waals surface area contributed by atoms with Crippen LogP contribution >= 0.6 is 0 Å². The third-order valence-corrected chi connectivity index (χ3v) is 4.32. The van der Waals surface area contributed by atoms with E-state index in [0.29, 0.717) is 11.4 Å². The number of carbonyl (C=O) groups is 1. The summed E-state index contributed by atoms with van der Waals surface area (Å²) in [6.45, 7) is 1.84. The van der Waals surface area contributed by atoms with E-state index in [1.165, 1.54) is 26.5 Å². The molecule has 2 aromatic rings. The number of H-pyrrole nitrogens is 1. The van der Waals surface area contributed by atoms with Gasteiger partial charge in [-0.2, -0.15) is 0 Å². The number of nitrogens with one attached hydrogen (secondary N) is 2. The van der Waals surface area contributed by atoms with Gasteiger partial charge >= 0.3 is 5.97 Å². The number of aromatic nitrogens is 1. The fourth-order valence-electron chi connectivity index (χ4n) is 1.86. The lowest BCUT2D eigenvalue weighted by Crippen LogP contribution is -2.13. The second-order valence-corrected chi connectivity index (χ2v) is 6.23. The number of carbonyl (C=O) groups excluding carboxylic acids is 1. The zero-order chi connectivity index (χ0) is 16.3. The molecule has 1 aromatic heterocycles. The minimum absolute atomic E-state index is 0.0547. The molecule has 0 amide bonds. The number of benzene rings is 1. The van der Waals surface area contributed by atoms with Crippen LogP contribution in [0, 0.1) is 6.92 Å². The summed E-state index contributed by atoms with van der Waals surface area (Å²) in [5.41, 5.74) is 1.25. The van der Waals surface area contributed by atoms with Crippen molar-refractivity contribution in [3.05, 3.63) is 41.7 Å². The molecule has 1 heterocycles. The summed E-state index contributed by atoms with van der Waals surface area (Å²) in [4.78, 5) is 13.9. The van der Waals surface area contributed by atoms with Crippen LogP contribution in [0.2, 0.25) is 0 Å². The number of rotatable bonds is 5. The standard InChI is InChI=1S/C14H16N2O5S/c1-9-4-5-13(20-2)11(6-9)16-22(18,19)10-7-12(15-8-10)14(17)21-3/h4-8,15-16H,1-3H3. The quantitative estimate of drug-likeness (QED) is 0.819. The third-order valence-electron chi connectivity index (χ3n) is 2.97. The average molecular weight is 324 g/mol. The van der Waals surface area contributed by atoms with Crippen LogP contribution in [0.15, 0.2) is 35.4 Å². The first kappa shape index (κ1) is 15.9. The molecule has 7 nitrogen and oxygen atoms in total. The molecule has 0 unspecified atom stereocenters. The Morgan fingerprint density at radius 1 is 1.23 bits per heavy atom. The van der Waals surface area contributed by atoms with E-state index < -0.39 is 16.0 Å². The molecule has 1 aromatic carbocycles. The molecule has 0 aliphatic heterocycles. The van der Waals surface area contributed by atoms with Gasteiger partial charge in [0.05, 0.1) is 19.9 Å². The fourth-order valence-corrected chi connectivity index (χ4v) is 2.92.